The zero-order chi connectivity index (χ0) is 23.4. The number of hydrogen-bond acceptors (Lipinski definition) is 5. The number of pyridine rings is 1. The largest absolute Gasteiger partial charge is 0.508 e. The third-order valence-corrected chi connectivity index (χ3v) is 5.70. The highest BCUT2D eigenvalue weighted by Crippen LogP contribution is 2.36. The highest BCUT2D eigenvalue weighted by atomic mass is 35.5. The molecule has 33 heavy (non-hydrogen) atoms. The number of methoxy groups -OCH3 is 1. The Morgan fingerprint density at radius 1 is 1.00 bits per heavy atom. The number of phenolic OH excluding ortho intramolecular Hbond substituents is 1. The first-order valence-electron chi connectivity index (χ1n) is 10.6. The minimum absolute atomic E-state index is 0.247. The zero-order valence-electron chi connectivity index (χ0n) is 18.5. The number of aromatic hydroxyl groups is 1. The van der Waals surface area contributed by atoms with Gasteiger partial charge < -0.3 is 15.2 Å². The van der Waals surface area contributed by atoms with Crippen molar-refractivity contribution in [1.82, 2.24) is 9.88 Å². The number of hydrogen-bond donors (Lipinski definition) is 2. The normalized spacial score (nSPS) is 11.1. The molecular weight excluding hydrogens is 434 g/mol. The first-order chi connectivity index (χ1) is 16.0. The molecule has 0 atom stereocenters. The molecule has 4 rings (SSSR count). The highest BCUT2D eigenvalue weighted by molar-refractivity contribution is 6.31. The fourth-order valence-corrected chi connectivity index (χ4v) is 4.07. The van der Waals surface area contributed by atoms with Crippen molar-refractivity contribution in [3.05, 3.63) is 90.5 Å². The number of aromatic nitrogens is 1. The fraction of sp³-hybridized carbons (Fsp3) is 0.148. The van der Waals surface area contributed by atoms with Crippen LogP contribution >= 0.6 is 11.6 Å². The quantitative estimate of drug-likeness (QED) is 0.166. The monoisotopic (exact) mass is 459 g/mol. The van der Waals surface area contributed by atoms with Crippen LogP contribution < -0.4 is 10.1 Å². The highest BCUT2D eigenvalue weighted by Gasteiger charge is 2.13. The third kappa shape index (κ3) is 4.95. The smallest absolute Gasteiger partial charge is 0.120 e. The number of rotatable bonds is 9. The van der Waals surface area contributed by atoms with Gasteiger partial charge >= 0.3 is 0 Å². The second-order valence-electron chi connectivity index (χ2n) is 7.77. The van der Waals surface area contributed by atoms with Gasteiger partial charge in [-0.05, 0) is 54.6 Å². The van der Waals surface area contributed by atoms with E-state index >= 15 is 0 Å². The van der Waals surface area contributed by atoms with Crippen molar-refractivity contribution in [2.24, 2.45) is 0 Å². The lowest BCUT2D eigenvalue weighted by molar-refractivity contribution is 0.321. The number of anilines is 2. The van der Waals surface area contributed by atoms with E-state index < -0.39 is 0 Å². The second-order valence-corrected chi connectivity index (χ2v) is 8.21. The molecule has 1 heterocycles. The average Bonchev–Trinajstić information content (AvgIpc) is 2.81. The second kappa shape index (κ2) is 9.94. The van der Waals surface area contributed by atoms with Gasteiger partial charge in [-0.2, -0.15) is 0 Å². The van der Waals surface area contributed by atoms with Crippen LogP contribution in [-0.2, 0) is 6.54 Å². The lowest BCUT2D eigenvalue weighted by Gasteiger charge is -2.20. The van der Waals surface area contributed by atoms with Crippen LogP contribution in [-0.4, -0.2) is 35.2 Å². The Hall–Kier alpha value is -3.54. The molecule has 0 spiro atoms. The number of nitrogens with zero attached hydrogens (tertiary/aromatic N) is 2. The maximum Gasteiger partial charge on any atom is 0.120 e. The van der Waals surface area contributed by atoms with Crippen molar-refractivity contribution < 1.29 is 9.84 Å². The fourth-order valence-electron chi connectivity index (χ4n) is 3.90. The van der Waals surface area contributed by atoms with Crippen LogP contribution in [0.25, 0.3) is 21.8 Å². The molecule has 0 aliphatic rings. The van der Waals surface area contributed by atoms with Crippen molar-refractivity contribution >= 4 is 44.8 Å². The summed E-state index contributed by atoms with van der Waals surface area (Å²) in [4.78, 5) is 6.92. The van der Waals surface area contributed by atoms with E-state index in [9.17, 15) is 5.11 Å². The van der Waals surface area contributed by atoms with Crippen molar-refractivity contribution in [3.63, 3.8) is 0 Å². The summed E-state index contributed by atoms with van der Waals surface area (Å²) in [5, 5.41) is 16.5. The van der Waals surface area contributed by atoms with E-state index in [-0.39, 0.29) is 5.75 Å². The maximum atomic E-state index is 10.5. The summed E-state index contributed by atoms with van der Waals surface area (Å²) in [5.41, 5.74) is 4.19. The van der Waals surface area contributed by atoms with E-state index in [2.05, 4.69) is 23.4 Å². The van der Waals surface area contributed by atoms with Gasteiger partial charge in [-0.1, -0.05) is 23.8 Å². The minimum Gasteiger partial charge on any atom is -0.508 e. The molecule has 0 bridgehead atoms. The van der Waals surface area contributed by atoms with Crippen LogP contribution in [0.3, 0.4) is 0 Å². The van der Waals surface area contributed by atoms with E-state index in [1.165, 1.54) is 0 Å². The predicted octanol–water partition coefficient (Wildman–Crippen LogP) is 6.67. The molecule has 0 aliphatic heterocycles. The molecule has 6 heteroatoms. The molecule has 5 nitrogen and oxygen atoms in total. The van der Waals surface area contributed by atoms with Crippen LogP contribution in [0.2, 0.25) is 5.02 Å². The van der Waals surface area contributed by atoms with Gasteiger partial charge in [-0.15, -0.1) is 13.2 Å². The SMILES string of the molecule is C=CCN(CC=C)Cc1cc(Nc2c3ccc(Cl)cc3nc3ccc(OC)cc23)ccc1O. The minimum atomic E-state index is 0.247. The van der Waals surface area contributed by atoms with Crippen molar-refractivity contribution in [3.8, 4) is 11.5 Å². The molecule has 0 aliphatic carbocycles. The topological polar surface area (TPSA) is 57.6 Å². The van der Waals surface area contributed by atoms with Gasteiger partial charge in [0.1, 0.15) is 11.5 Å². The third-order valence-electron chi connectivity index (χ3n) is 5.46. The maximum absolute atomic E-state index is 10.5. The van der Waals surface area contributed by atoms with Gasteiger partial charge in [-0.25, -0.2) is 4.98 Å². The average molecular weight is 460 g/mol. The summed E-state index contributed by atoms with van der Waals surface area (Å²) in [7, 11) is 1.65. The molecule has 168 valence electrons. The molecule has 4 aromatic rings. The Morgan fingerprint density at radius 2 is 1.79 bits per heavy atom. The van der Waals surface area contributed by atoms with E-state index in [1.807, 2.05) is 60.7 Å². The summed E-state index contributed by atoms with van der Waals surface area (Å²) in [6.45, 7) is 9.61. The van der Waals surface area contributed by atoms with Crippen LogP contribution in [0.1, 0.15) is 5.56 Å². The molecule has 0 fully saturated rings. The van der Waals surface area contributed by atoms with Gasteiger partial charge in [-0.3, -0.25) is 4.90 Å². The van der Waals surface area contributed by atoms with Crippen molar-refractivity contribution in [1.29, 1.82) is 0 Å². The molecule has 0 saturated heterocycles. The summed E-state index contributed by atoms with van der Waals surface area (Å²) in [6.07, 6.45) is 3.69. The van der Waals surface area contributed by atoms with Crippen LogP contribution in [0.5, 0.6) is 11.5 Å². The van der Waals surface area contributed by atoms with Crippen LogP contribution in [0, 0.1) is 0 Å². The number of benzene rings is 3. The van der Waals surface area contributed by atoms with E-state index in [4.69, 9.17) is 21.3 Å². The molecule has 3 aromatic carbocycles. The van der Waals surface area contributed by atoms with Gasteiger partial charge in [0.2, 0.25) is 0 Å². The number of fused-ring (bicyclic) bond motifs is 2. The number of nitrogens with one attached hydrogen (secondary N) is 1. The molecule has 0 unspecified atom stereocenters. The zero-order valence-corrected chi connectivity index (χ0v) is 19.3. The summed E-state index contributed by atoms with van der Waals surface area (Å²) in [6, 6.07) is 17.0. The predicted molar refractivity (Wildman–Crippen MR) is 138 cm³/mol. The van der Waals surface area contributed by atoms with Crippen molar-refractivity contribution in [2.45, 2.75) is 6.54 Å². The lowest BCUT2D eigenvalue weighted by atomic mass is 10.1. The van der Waals surface area contributed by atoms with Gasteiger partial charge in [0.25, 0.3) is 0 Å². The summed E-state index contributed by atoms with van der Waals surface area (Å²) in [5.74, 6) is 0.994. The first kappa shape index (κ1) is 22.6. The number of halogens is 1. The Bertz CT molecular complexity index is 1330. The van der Waals surface area contributed by atoms with Crippen molar-refractivity contribution in [2.75, 3.05) is 25.5 Å². The molecule has 0 radical (unpaired) electrons. The summed E-state index contributed by atoms with van der Waals surface area (Å²) >= 11 is 6.24. The van der Waals surface area contributed by atoms with Gasteiger partial charge in [0, 0.05) is 46.7 Å². The standard InChI is InChI=1S/C27H26ClN3O2/c1-4-12-31(13-5-2)17-18-14-20(7-11-26(18)32)29-27-22-9-6-19(28)15-25(22)30-24-10-8-21(33-3)16-23(24)27/h4-11,14-16,32H,1-2,12-13,17H2,3H3,(H,29,30). The number of ether oxygens (including phenoxy) is 1. The Morgan fingerprint density at radius 3 is 2.52 bits per heavy atom. The van der Waals surface area contributed by atoms with Gasteiger partial charge in [0.15, 0.2) is 0 Å². The Balaban J connectivity index is 1.80. The first-order valence-corrected chi connectivity index (χ1v) is 11.0. The number of phenols is 1. The van der Waals surface area contributed by atoms with Gasteiger partial charge in [0.05, 0.1) is 23.8 Å². The lowest BCUT2D eigenvalue weighted by Crippen LogP contribution is -2.23. The molecular formula is C27H26ClN3O2. The molecule has 0 amide bonds. The Kier molecular flexibility index (Phi) is 6.82. The molecule has 1 aromatic heterocycles. The van der Waals surface area contributed by atoms with Crippen LogP contribution in [0.15, 0.2) is 79.9 Å². The van der Waals surface area contributed by atoms with E-state index in [0.717, 1.165) is 44.5 Å². The van der Waals surface area contributed by atoms with E-state index in [0.29, 0.717) is 24.7 Å². The molecule has 2 N–H and O–H groups in total. The van der Waals surface area contributed by atoms with Crippen LogP contribution in [0.4, 0.5) is 11.4 Å². The van der Waals surface area contributed by atoms with E-state index in [1.54, 1.807) is 13.2 Å². The molecule has 0 saturated carbocycles. The summed E-state index contributed by atoms with van der Waals surface area (Å²) < 4.78 is 5.45. The Labute approximate surface area is 198 Å².